The van der Waals surface area contributed by atoms with Gasteiger partial charge in [-0.3, -0.25) is 14.2 Å². The zero-order valence-corrected chi connectivity index (χ0v) is 14.8. The molecule has 0 saturated carbocycles. The Balaban J connectivity index is 1.71. The summed E-state index contributed by atoms with van der Waals surface area (Å²) < 4.78 is 15.0. The topological polar surface area (TPSA) is 64.0 Å². The second-order valence-electron chi connectivity index (χ2n) is 5.56. The maximum atomic E-state index is 13.6. The zero-order valence-electron chi connectivity index (χ0n) is 14.0. The van der Waals surface area contributed by atoms with Crippen molar-refractivity contribution in [1.29, 1.82) is 0 Å². The molecular formula is C19H16FN3O2S. The van der Waals surface area contributed by atoms with Crippen LogP contribution in [0.4, 0.5) is 10.1 Å². The molecule has 1 amide bonds. The summed E-state index contributed by atoms with van der Waals surface area (Å²) in [6, 6.07) is 13.4. The van der Waals surface area contributed by atoms with Crippen molar-refractivity contribution in [3.63, 3.8) is 0 Å². The lowest BCUT2D eigenvalue weighted by molar-refractivity contribution is -0.113. The van der Waals surface area contributed by atoms with Gasteiger partial charge < -0.3 is 5.32 Å². The highest BCUT2D eigenvalue weighted by Crippen LogP contribution is 2.15. The summed E-state index contributed by atoms with van der Waals surface area (Å²) in [6.07, 6.45) is 3.09. The lowest BCUT2D eigenvalue weighted by Crippen LogP contribution is -2.22. The summed E-state index contributed by atoms with van der Waals surface area (Å²) in [4.78, 5) is 28.6. The molecule has 26 heavy (non-hydrogen) atoms. The molecule has 1 heterocycles. The average Bonchev–Trinajstić information content (AvgIpc) is 2.64. The van der Waals surface area contributed by atoms with E-state index in [1.54, 1.807) is 18.3 Å². The van der Waals surface area contributed by atoms with Crippen LogP contribution in [0.1, 0.15) is 5.56 Å². The van der Waals surface area contributed by atoms with Gasteiger partial charge in [-0.05, 0) is 31.2 Å². The molecule has 0 radical (unpaired) electrons. The van der Waals surface area contributed by atoms with Gasteiger partial charge >= 0.3 is 0 Å². The van der Waals surface area contributed by atoms with Crippen LogP contribution >= 0.6 is 11.8 Å². The van der Waals surface area contributed by atoms with E-state index in [9.17, 15) is 14.0 Å². The van der Waals surface area contributed by atoms with Crippen LogP contribution in [0.2, 0.25) is 0 Å². The first kappa shape index (κ1) is 17.9. The van der Waals surface area contributed by atoms with E-state index in [1.807, 2.05) is 31.2 Å². The largest absolute Gasteiger partial charge is 0.323 e. The predicted octanol–water partition coefficient (Wildman–Crippen LogP) is 3.41. The highest BCUT2D eigenvalue weighted by molar-refractivity contribution is 7.99. The number of para-hydroxylation sites is 1. The Morgan fingerprint density at radius 1 is 1.19 bits per heavy atom. The van der Waals surface area contributed by atoms with Crippen molar-refractivity contribution >= 4 is 23.4 Å². The highest BCUT2D eigenvalue weighted by atomic mass is 32.2. The van der Waals surface area contributed by atoms with E-state index in [1.165, 1.54) is 22.9 Å². The molecule has 3 aromatic rings. The number of carbonyl (C=O) groups is 1. The number of nitrogens with one attached hydrogen (secondary N) is 1. The van der Waals surface area contributed by atoms with Gasteiger partial charge in [-0.1, -0.05) is 41.6 Å². The molecule has 0 spiro atoms. The number of aromatic nitrogens is 2. The first-order valence-corrected chi connectivity index (χ1v) is 8.85. The maximum absolute atomic E-state index is 13.6. The smallest absolute Gasteiger partial charge is 0.287 e. The zero-order chi connectivity index (χ0) is 18.5. The van der Waals surface area contributed by atoms with Crippen molar-refractivity contribution in [3.05, 3.63) is 82.7 Å². The highest BCUT2D eigenvalue weighted by Gasteiger charge is 2.11. The molecule has 0 aliphatic heterocycles. The SMILES string of the molecule is Cc1ccc(-n2ccnc(SCC(=O)Nc3ccccc3F)c2=O)cc1. The van der Waals surface area contributed by atoms with Crippen molar-refractivity contribution in [3.8, 4) is 5.69 Å². The first-order valence-electron chi connectivity index (χ1n) is 7.86. The molecule has 2 aromatic carbocycles. The van der Waals surface area contributed by atoms with Gasteiger partial charge in [0.05, 0.1) is 11.4 Å². The molecule has 1 N–H and O–H groups in total. The van der Waals surface area contributed by atoms with Crippen LogP contribution in [-0.2, 0) is 4.79 Å². The van der Waals surface area contributed by atoms with Crippen molar-refractivity contribution in [2.45, 2.75) is 11.9 Å². The molecule has 3 rings (SSSR count). The fourth-order valence-corrected chi connectivity index (χ4v) is 2.98. The van der Waals surface area contributed by atoms with Crippen molar-refractivity contribution in [1.82, 2.24) is 9.55 Å². The third-order valence-corrected chi connectivity index (χ3v) is 4.57. The molecule has 0 saturated heterocycles. The summed E-state index contributed by atoms with van der Waals surface area (Å²) in [6.45, 7) is 1.97. The van der Waals surface area contributed by atoms with Crippen LogP contribution in [0.5, 0.6) is 0 Å². The Hall–Kier alpha value is -2.93. The van der Waals surface area contributed by atoms with Gasteiger partial charge in [-0.15, -0.1) is 0 Å². The minimum atomic E-state index is -0.509. The number of aryl methyl sites for hydroxylation is 1. The fraction of sp³-hybridized carbons (Fsp3) is 0.105. The molecule has 0 aliphatic rings. The molecule has 1 aromatic heterocycles. The number of amides is 1. The monoisotopic (exact) mass is 369 g/mol. The third-order valence-electron chi connectivity index (χ3n) is 3.61. The normalized spacial score (nSPS) is 10.5. The van der Waals surface area contributed by atoms with Crippen LogP contribution in [0.15, 0.2) is 70.7 Å². The number of carbonyl (C=O) groups excluding carboxylic acids is 1. The summed E-state index contributed by atoms with van der Waals surface area (Å²) >= 11 is 1.01. The molecule has 0 bridgehead atoms. The minimum Gasteiger partial charge on any atom is -0.323 e. The molecule has 0 fully saturated rings. The maximum Gasteiger partial charge on any atom is 0.287 e. The van der Waals surface area contributed by atoms with Gasteiger partial charge in [0, 0.05) is 18.1 Å². The van der Waals surface area contributed by atoms with Crippen LogP contribution in [0, 0.1) is 12.7 Å². The van der Waals surface area contributed by atoms with E-state index in [0.29, 0.717) is 0 Å². The van der Waals surface area contributed by atoms with Crippen LogP contribution in [-0.4, -0.2) is 21.2 Å². The van der Waals surface area contributed by atoms with E-state index in [0.717, 1.165) is 23.0 Å². The lowest BCUT2D eigenvalue weighted by Gasteiger charge is -2.08. The molecule has 7 heteroatoms. The number of thioether (sulfide) groups is 1. The lowest BCUT2D eigenvalue weighted by atomic mass is 10.2. The number of rotatable bonds is 5. The first-order chi connectivity index (χ1) is 12.5. The Kier molecular flexibility index (Phi) is 5.48. The third kappa shape index (κ3) is 4.18. The van der Waals surface area contributed by atoms with Crippen molar-refractivity contribution in [2.75, 3.05) is 11.1 Å². The molecule has 0 aliphatic carbocycles. The van der Waals surface area contributed by atoms with Crippen LogP contribution in [0.3, 0.4) is 0 Å². The van der Waals surface area contributed by atoms with E-state index < -0.39 is 11.7 Å². The van der Waals surface area contributed by atoms with E-state index in [-0.39, 0.29) is 22.0 Å². The quantitative estimate of drug-likeness (QED) is 0.700. The Labute approximate surface area is 153 Å². The van der Waals surface area contributed by atoms with E-state index in [4.69, 9.17) is 0 Å². The standard InChI is InChI=1S/C19H16FN3O2S/c1-13-6-8-14(9-7-13)23-11-10-21-18(19(23)25)26-12-17(24)22-16-5-3-2-4-15(16)20/h2-11H,12H2,1H3,(H,22,24). The number of hydrogen-bond donors (Lipinski definition) is 1. The number of anilines is 1. The van der Waals surface area contributed by atoms with Gasteiger partial charge in [0.25, 0.3) is 5.56 Å². The van der Waals surface area contributed by atoms with Gasteiger partial charge in [0.2, 0.25) is 5.91 Å². The van der Waals surface area contributed by atoms with E-state index in [2.05, 4.69) is 10.3 Å². The van der Waals surface area contributed by atoms with Crippen LogP contribution in [0.25, 0.3) is 5.69 Å². The van der Waals surface area contributed by atoms with Crippen molar-refractivity contribution < 1.29 is 9.18 Å². The minimum absolute atomic E-state index is 0.0471. The molecule has 132 valence electrons. The number of benzene rings is 2. The molecule has 5 nitrogen and oxygen atoms in total. The van der Waals surface area contributed by atoms with E-state index >= 15 is 0 Å². The number of halogens is 1. The molecule has 0 unspecified atom stereocenters. The van der Waals surface area contributed by atoms with Gasteiger partial charge in [-0.25, -0.2) is 9.37 Å². The number of hydrogen-bond acceptors (Lipinski definition) is 4. The van der Waals surface area contributed by atoms with Gasteiger partial charge in [0.15, 0.2) is 5.03 Å². The summed E-state index contributed by atoms with van der Waals surface area (Å²) in [5.41, 5.74) is 1.62. The van der Waals surface area contributed by atoms with Crippen LogP contribution < -0.4 is 10.9 Å². The van der Waals surface area contributed by atoms with Gasteiger partial charge in [-0.2, -0.15) is 0 Å². The predicted molar refractivity (Wildman–Crippen MR) is 100 cm³/mol. The van der Waals surface area contributed by atoms with Gasteiger partial charge in [0.1, 0.15) is 5.82 Å². The molecule has 0 atom stereocenters. The second-order valence-corrected chi connectivity index (χ2v) is 6.52. The van der Waals surface area contributed by atoms with Crippen molar-refractivity contribution in [2.24, 2.45) is 0 Å². The second kappa shape index (κ2) is 7.97. The summed E-state index contributed by atoms with van der Waals surface area (Å²) in [5.74, 6) is -0.966. The Bertz CT molecular complexity index is 987. The summed E-state index contributed by atoms with van der Waals surface area (Å²) in [7, 11) is 0. The molecular weight excluding hydrogens is 353 g/mol. The number of nitrogens with zero attached hydrogens (tertiary/aromatic N) is 2. The fourth-order valence-electron chi connectivity index (χ4n) is 2.28. The Morgan fingerprint density at radius 2 is 1.92 bits per heavy atom. The average molecular weight is 369 g/mol. The summed E-state index contributed by atoms with van der Waals surface area (Å²) in [5, 5.41) is 2.69. The Morgan fingerprint density at radius 3 is 2.65 bits per heavy atom.